The number of amides is 3. The lowest BCUT2D eigenvalue weighted by Gasteiger charge is -2.21. The van der Waals surface area contributed by atoms with Gasteiger partial charge >= 0.3 is 6.03 Å². The summed E-state index contributed by atoms with van der Waals surface area (Å²) in [6, 6.07) is 6.05. The molecule has 1 atom stereocenters. The van der Waals surface area contributed by atoms with Crippen LogP contribution in [0.4, 0.5) is 10.5 Å². The van der Waals surface area contributed by atoms with E-state index in [0.717, 1.165) is 0 Å². The molecule has 0 saturated carbocycles. The number of nitrogens with one attached hydrogen (secondary N) is 3. The second-order valence-corrected chi connectivity index (χ2v) is 7.39. The van der Waals surface area contributed by atoms with Crippen LogP contribution in [0, 0.1) is 5.92 Å². The van der Waals surface area contributed by atoms with Gasteiger partial charge in [-0.25, -0.2) is 4.79 Å². The van der Waals surface area contributed by atoms with Crippen molar-refractivity contribution >= 4 is 17.6 Å². The minimum absolute atomic E-state index is 0.111. The van der Waals surface area contributed by atoms with Gasteiger partial charge in [-0.2, -0.15) is 0 Å². The highest BCUT2D eigenvalue weighted by Crippen LogP contribution is 2.12. The number of benzene rings is 1. The third-order valence-electron chi connectivity index (χ3n) is 3.18. The molecule has 1 aromatic carbocycles. The van der Waals surface area contributed by atoms with Crippen molar-refractivity contribution in [3.63, 3.8) is 0 Å². The molecule has 6 heteroatoms. The van der Waals surface area contributed by atoms with E-state index in [1.165, 1.54) is 0 Å². The summed E-state index contributed by atoms with van der Waals surface area (Å²) in [5.41, 5.74) is 0.669. The van der Waals surface area contributed by atoms with Gasteiger partial charge in [-0.1, -0.05) is 19.9 Å². The van der Waals surface area contributed by atoms with Crippen LogP contribution in [0.15, 0.2) is 24.3 Å². The average Bonchev–Trinajstić information content (AvgIpc) is 2.44. The number of hydrogen-bond donors (Lipinski definition) is 4. The minimum Gasteiger partial charge on any atom is -0.394 e. The van der Waals surface area contributed by atoms with Crippen LogP contribution in [0.5, 0.6) is 0 Å². The summed E-state index contributed by atoms with van der Waals surface area (Å²) < 4.78 is 0. The summed E-state index contributed by atoms with van der Waals surface area (Å²) in [5, 5.41) is 17.6. The highest BCUT2D eigenvalue weighted by atomic mass is 16.3. The Morgan fingerprint density at radius 1 is 1.21 bits per heavy atom. The molecule has 3 amide bonds. The highest BCUT2D eigenvalue weighted by Gasteiger charge is 2.16. The number of aliphatic hydroxyl groups is 1. The van der Waals surface area contributed by atoms with Crippen molar-refractivity contribution in [2.75, 3.05) is 11.9 Å². The van der Waals surface area contributed by atoms with Crippen molar-refractivity contribution in [3.8, 4) is 0 Å². The van der Waals surface area contributed by atoms with Gasteiger partial charge in [0.2, 0.25) is 0 Å². The number of aliphatic hydroxyl groups excluding tert-OH is 1. The molecular formula is C18H29N3O3. The first-order valence-corrected chi connectivity index (χ1v) is 8.21. The Labute approximate surface area is 144 Å². The zero-order valence-electron chi connectivity index (χ0n) is 15.1. The maximum absolute atomic E-state index is 12.2. The molecule has 0 spiro atoms. The molecule has 0 radical (unpaired) electrons. The summed E-state index contributed by atoms with van der Waals surface area (Å²) in [4.78, 5) is 24.2. The maximum Gasteiger partial charge on any atom is 0.319 e. The van der Waals surface area contributed by atoms with Crippen LogP contribution in [-0.4, -0.2) is 35.2 Å². The van der Waals surface area contributed by atoms with Crippen molar-refractivity contribution < 1.29 is 14.7 Å². The van der Waals surface area contributed by atoms with Gasteiger partial charge in [0.1, 0.15) is 0 Å². The van der Waals surface area contributed by atoms with Crippen LogP contribution in [0.25, 0.3) is 0 Å². The fourth-order valence-electron chi connectivity index (χ4n) is 2.25. The van der Waals surface area contributed by atoms with Crippen molar-refractivity contribution in [1.82, 2.24) is 10.6 Å². The van der Waals surface area contributed by atoms with Crippen LogP contribution in [-0.2, 0) is 0 Å². The molecule has 0 saturated heterocycles. The Hall–Kier alpha value is -2.08. The Bertz CT molecular complexity index is 565. The average molecular weight is 335 g/mol. The van der Waals surface area contributed by atoms with Gasteiger partial charge in [-0.05, 0) is 51.3 Å². The summed E-state index contributed by atoms with van der Waals surface area (Å²) in [5.74, 6) is 0.173. The van der Waals surface area contributed by atoms with Crippen LogP contribution < -0.4 is 16.0 Å². The zero-order valence-corrected chi connectivity index (χ0v) is 15.1. The van der Waals surface area contributed by atoms with Gasteiger partial charge in [0.25, 0.3) is 5.91 Å². The number of hydrogen-bond acceptors (Lipinski definition) is 3. The van der Waals surface area contributed by atoms with E-state index in [1.807, 2.05) is 34.6 Å². The fraction of sp³-hybridized carbons (Fsp3) is 0.556. The van der Waals surface area contributed by atoms with E-state index in [4.69, 9.17) is 0 Å². The first kappa shape index (κ1) is 20.0. The summed E-state index contributed by atoms with van der Waals surface area (Å²) in [6.45, 7) is 9.66. The molecule has 0 bridgehead atoms. The molecule has 24 heavy (non-hydrogen) atoms. The minimum atomic E-state index is -0.400. The Balaban J connectivity index is 2.70. The largest absolute Gasteiger partial charge is 0.394 e. The van der Waals surface area contributed by atoms with Crippen LogP contribution in [0.1, 0.15) is 51.4 Å². The highest BCUT2D eigenvalue weighted by molar-refractivity contribution is 5.97. The van der Waals surface area contributed by atoms with Gasteiger partial charge in [-0.15, -0.1) is 0 Å². The van der Waals surface area contributed by atoms with Crippen LogP contribution in [0.2, 0.25) is 0 Å². The second-order valence-electron chi connectivity index (χ2n) is 7.39. The lowest BCUT2D eigenvalue weighted by atomic mass is 10.0. The van der Waals surface area contributed by atoms with Crippen LogP contribution >= 0.6 is 0 Å². The molecule has 0 aliphatic rings. The normalized spacial score (nSPS) is 12.6. The summed E-state index contributed by atoms with van der Waals surface area (Å²) in [6.07, 6.45) is 0.692. The van der Waals surface area contributed by atoms with E-state index in [9.17, 15) is 14.7 Å². The van der Waals surface area contributed by atoms with Crippen molar-refractivity contribution in [2.24, 2.45) is 5.92 Å². The molecule has 6 nitrogen and oxygen atoms in total. The molecule has 1 aromatic rings. The zero-order chi connectivity index (χ0) is 18.3. The van der Waals surface area contributed by atoms with Gasteiger partial charge in [-0.3, -0.25) is 4.79 Å². The maximum atomic E-state index is 12.2. The Morgan fingerprint density at radius 3 is 2.42 bits per heavy atom. The molecule has 0 fully saturated rings. The van der Waals surface area contributed by atoms with Crippen molar-refractivity contribution in [1.29, 1.82) is 0 Å². The smallest absolute Gasteiger partial charge is 0.319 e. The standard InChI is InChI=1S/C18H29N3O3/c1-12(2)9-15(11-22)20-17(24)19-14-8-6-7-13(10-14)16(23)21-18(3,4)5/h6-8,10,12,15,22H,9,11H2,1-5H3,(H,21,23)(H2,19,20,24). The van der Waals surface area contributed by atoms with Crippen molar-refractivity contribution in [2.45, 2.75) is 52.6 Å². The quantitative estimate of drug-likeness (QED) is 0.644. The van der Waals surface area contributed by atoms with Gasteiger partial charge < -0.3 is 21.1 Å². The third kappa shape index (κ3) is 7.46. The number of anilines is 1. The first-order chi connectivity index (χ1) is 11.1. The number of urea groups is 1. The topological polar surface area (TPSA) is 90.5 Å². The molecule has 0 aromatic heterocycles. The molecule has 0 aliphatic heterocycles. The fourth-order valence-corrected chi connectivity index (χ4v) is 2.25. The van der Waals surface area contributed by atoms with E-state index in [0.29, 0.717) is 23.6 Å². The molecule has 1 rings (SSSR count). The molecular weight excluding hydrogens is 306 g/mol. The van der Waals surface area contributed by atoms with Gasteiger partial charge in [0.15, 0.2) is 0 Å². The van der Waals surface area contributed by atoms with Gasteiger partial charge in [0.05, 0.1) is 12.6 Å². The third-order valence-corrected chi connectivity index (χ3v) is 3.18. The Morgan fingerprint density at radius 2 is 1.88 bits per heavy atom. The van der Waals surface area contributed by atoms with E-state index in [2.05, 4.69) is 16.0 Å². The lowest BCUT2D eigenvalue weighted by molar-refractivity contribution is 0.0919. The number of carbonyl (C=O) groups excluding carboxylic acids is 2. The number of rotatable bonds is 6. The lowest BCUT2D eigenvalue weighted by Crippen LogP contribution is -2.41. The molecule has 4 N–H and O–H groups in total. The molecule has 0 heterocycles. The Kier molecular flexibility index (Phi) is 7.22. The summed E-state index contributed by atoms with van der Waals surface area (Å²) >= 11 is 0. The molecule has 0 aliphatic carbocycles. The van der Waals surface area contributed by atoms with Crippen LogP contribution in [0.3, 0.4) is 0 Å². The predicted molar refractivity (Wildman–Crippen MR) is 96.1 cm³/mol. The van der Waals surface area contributed by atoms with E-state index in [-0.39, 0.29) is 24.1 Å². The summed E-state index contributed by atoms with van der Waals surface area (Å²) in [7, 11) is 0. The van der Waals surface area contributed by atoms with E-state index >= 15 is 0 Å². The monoisotopic (exact) mass is 335 g/mol. The van der Waals surface area contributed by atoms with E-state index < -0.39 is 6.03 Å². The second kappa shape index (κ2) is 8.68. The predicted octanol–water partition coefficient (Wildman–Crippen LogP) is 2.74. The van der Waals surface area contributed by atoms with Crippen molar-refractivity contribution in [3.05, 3.63) is 29.8 Å². The molecule has 134 valence electrons. The molecule has 1 unspecified atom stereocenters. The SMILES string of the molecule is CC(C)CC(CO)NC(=O)Nc1cccc(C(=O)NC(C)(C)C)c1. The first-order valence-electron chi connectivity index (χ1n) is 8.21. The van der Waals surface area contributed by atoms with Gasteiger partial charge in [0, 0.05) is 16.8 Å². The van der Waals surface area contributed by atoms with E-state index in [1.54, 1.807) is 24.3 Å². The number of carbonyl (C=O) groups is 2.